The summed E-state index contributed by atoms with van der Waals surface area (Å²) >= 11 is 7.36. The minimum absolute atomic E-state index is 0.157. The average molecular weight is 326 g/mol. The number of carbonyl (C=O) groups is 1. The van der Waals surface area contributed by atoms with Crippen LogP contribution in [0, 0.1) is 0 Å². The van der Waals surface area contributed by atoms with Crippen LogP contribution in [0.3, 0.4) is 0 Å². The summed E-state index contributed by atoms with van der Waals surface area (Å²) in [6, 6.07) is 7.40. The SMILES string of the molecule is CCOC(=O)CCCSc1n[nH]c(-c2ccc(Cl)cc2)n1. The van der Waals surface area contributed by atoms with Crippen LogP contribution in [0.15, 0.2) is 29.4 Å². The Bertz CT molecular complexity index is 586. The van der Waals surface area contributed by atoms with E-state index in [2.05, 4.69) is 15.2 Å². The van der Waals surface area contributed by atoms with Gasteiger partial charge in [0.15, 0.2) is 5.82 Å². The van der Waals surface area contributed by atoms with Crippen molar-refractivity contribution in [3.05, 3.63) is 29.3 Å². The molecule has 0 atom stereocenters. The monoisotopic (exact) mass is 325 g/mol. The number of H-pyrrole nitrogens is 1. The van der Waals surface area contributed by atoms with Gasteiger partial charge in [0.2, 0.25) is 5.16 Å². The number of hydrogen-bond acceptors (Lipinski definition) is 5. The number of nitrogens with zero attached hydrogens (tertiary/aromatic N) is 2. The molecule has 1 aromatic heterocycles. The normalized spacial score (nSPS) is 10.6. The third kappa shape index (κ3) is 5.06. The van der Waals surface area contributed by atoms with Crippen molar-refractivity contribution in [1.29, 1.82) is 0 Å². The first kappa shape index (κ1) is 15.9. The average Bonchev–Trinajstić information content (AvgIpc) is 2.93. The van der Waals surface area contributed by atoms with Crippen LogP contribution in [0.4, 0.5) is 0 Å². The van der Waals surface area contributed by atoms with Gasteiger partial charge in [0, 0.05) is 22.8 Å². The zero-order chi connectivity index (χ0) is 15.1. The fourth-order valence-electron chi connectivity index (χ4n) is 1.66. The second-order valence-electron chi connectivity index (χ2n) is 4.23. The second-order valence-corrected chi connectivity index (χ2v) is 5.73. The molecule has 0 spiro atoms. The maximum atomic E-state index is 11.2. The summed E-state index contributed by atoms with van der Waals surface area (Å²) in [5.41, 5.74) is 0.935. The molecule has 1 N–H and O–H groups in total. The number of halogens is 1. The summed E-state index contributed by atoms with van der Waals surface area (Å²) in [5.74, 6) is 1.32. The maximum Gasteiger partial charge on any atom is 0.305 e. The van der Waals surface area contributed by atoms with Gasteiger partial charge in [0.1, 0.15) is 0 Å². The van der Waals surface area contributed by atoms with Gasteiger partial charge < -0.3 is 4.74 Å². The molecule has 0 saturated carbocycles. The molecular weight excluding hydrogens is 310 g/mol. The number of hydrogen-bond donors (Lipinski definition) is 1. The highest BCUT2D eigenvalue weighted by Crippen LogP contribution is 2.21. The molecular formula is C14H16ClN3O2S. The van der Waals surface area contributed by atoms with Crippen molar-refractivity contribution in [2.24, 2.45) is 0 Å². The van der Waals surface area contributed by atoms with Crippen molar-refractivity contribution in [2.75, 3.05) is 12.4 Å². The number of benzene rings is 1. The van der Waals surface area contributed by atoms with E-state index in [9.17, 15) is 4.79 Å². The third-order valence-corrected chi connectivity index (χ3v) is 3.83. The summed E-state index contributed by atoms with van der Waals surface area (Å²) in [6.07, 6.45) is 1.17. The molecule has 0 radical (unpaired) electrons. The van der Waals surface area contributed by atoms with E-state index in [4.69, 9.17) is 16.3 Å². The van der Waals surface area contributed by atoms with Crippen molar-refractivity contribution in [2.45, 2.75) is 24.9 Å². The number of aromatic amines is 1. The minimum Gasteiger partial charge on any atom is -0.466 e. The molecule has 0 bridgehead atoms. The molecule has 0 unspecified atom stereocenters. The summed E-state index contributed by atoms with van der Waals surface area (Å²) in [4.78, 5) is 15.6. The number of thioether (sulfide) groups is 1. The molecule has 0 amide bonds. The Morgan fingerprint density at radius 3 is 2.86 bits per heavy atom. The van der Waals surface area contributed by atoms with E-state index in [1.807, 2.05) is 24.3 Å². The van der Waals surface area contributed by atoms with Gasteiger partial charge in [-0.05, 0) is 37.6 Å². The molecule has 0 saturated heterocycles. The van der Waals surface area contributed by atoms with Crippen LogP contribution in [-0.4, -0.2) is 33.5 Å². The highest BCUT2D eigenvalue weighted by atomic mass is 35.5. The van der Waals surface area contributed by atoms with Gasteiger partial charge in [-0.2, -0.15) is 0 Å². The Kier molecular flexibility index (Phi) is 6.07. The van der Waals surface area contributed by atoms with Gasteiger partial charge in [-0.15, -0.1) is 5.10 Å². The number of carbonyl (C=O) groups excluding carboxylic acids is 1. The van der Waals surface area contributed by atoms with Gasteiger partial charge >= 0.3 is 5.97 Å². The lowest BCUT2D eigenvalue weighted by Gasteiger charge is -2.00. The number of rotatable bonds is 7. The van der Waals surface area contributed by atoms with Crippen LogP contribution >= 0.6 is 23.4 Å². The Morgan fingerprint density at radius 1 is 1.38 bits per heavy atom. The highest BCUT2D eigenvalue weighted by Gasteiger charge is 2.07. The zero-order valence-electron chi connectivity index (χ0n) is 11.6. The van der Waals surface area contributed by atoms with E-state index in [0.29, 0.717) is 29.0 Å². The predicted octanol–water partition coefficient (Wildman–Crippen LogP) is 3.56. The molecule has 2 aromatic rings. The Balaban J connectivity index is 1.81. The number of aromatic nitrogens is 3. The van der Waals surface area contributed by atoms with Crippen molar-refractivity contribution >= 4 is 29.3 Å². The van der Waals surface area contributed by atoms with Crippen molar-refractivity contribution < 1.29 is 9.53 Å². The molecule has 2 rings (SSSR count). The quantitative estimate of drug-likeness (QED) is 0.479. The van der Waals surface area contributed by atoms with Crippen LogP contribution in [0.1, 0.15) is 19.8 Å². The molecule has 0 aliphatic heterocycles. The summed E-state index contributed by atoms with van der Waals surface area (Å²) in [6.45, 7) is 2.23. The topological polar surface area (TPSA) is 67.9 Å². The van der Waals surface area contributed by atoms with Crippen LogP contribution in [0.25, 0.3) is 11.4 Å². The Hall–Kier alpha value is -1.53. The molecule has 0 aliphatic carbocycles. The lowest BCUT2D eigenvalue weighted by atomic mass is 10.2. The molecule has 1 heterocycles. The van der Waals surface area contributed by atoms with E-state index in [-0.39, 0.29) is 5.97 Å². The van der Waals surface area contributed by atoms with E-state index in [1.165, 1.54) is 11.8 Å². The largest absolute Gasteiger partial charge is 0.466 e. The fraction of sp³-hybridized carbons (Fsp3) is 0.357. The molecule has 5 nitrogen and oxygen atoms in total. The first-order valence-electron chi connectivity index (χ1n) is 6.66. The Labute approximate surface area is 132 Å². The van der Waals surface area contributed by atoms with E-state index in [0.717, 1.165) is 17.7 Å². The fourth-order valence-corrected chi connectivity index (χ4v) is 2.52. The lowest BCUT2D eigenvalue weighted by Crippen LogP contribution is -2.03. The first-order chi connectivity index (χ1) is 10.2. The van der Waals surface area contributed by atoms with Gasteiger partial charge in [-0.25, -0.2) is 4.98 Å². The second kappa shape index (κ2) is 8.05. The van der Waals surface area contributed by atoms with Crippen LogP contribution in [0.5, 0.6) is 0 Å². The number of ether oxygens (including phenoxy) is 1. The van der Waals surface area contributed by atoms with Crippen molar-refractivity contribution in [3.8, 4) is 11.4 Å². The van der Waals surface area contributed by atoms with Crippen LogP contribution < -0.4 is 0 Å². The van der Waals surface area contributed by atoms with Gasteiger partial charge in [0.25, 0.3) is 0 Å². The first-order valence-corrected chi connectivity index (χ1v) is 8.02. The van der Waals surface area contributed by atoms with Gasteiger partial charge in [-0.3, -0.25) is 9.89 Å². The van der Waals surface area contributed by atoms with Gasteiger partial charge in [0.05, 0.1) is 6.61 Å². The van der Waals surface area contributed by atoms with E-state index < -0.39 is 0 Å². The van der Waals surface area contributed by atoms with E-state index >= 15 is 0 Å². The van der Waals surface area contributed by atoms with Crippen LogP contribution in [0.2, 0.25) is 5.02 Å². The summed E-state index contributed by atoms with van der Waals surface area (Å²) in [7, 11) is 0. The maximum absolute atomic E-state index is 11.2. The highest BCUT2D eigenvalue weighted by molar-refractivity contribution is 7.99. The smallest absolute Gasteiger partial charge is 0.305 e. The molecule has 21 heavy (non-hydrogen) atoms. The lowest BCUT2D eigenvalue weighted by molar-refractivity contribution is -0.143. The zero-order valence-corrected chi connectivity index (χ0v) is 13.2. The molecule has 1 aromatic carbocycles. The predicted molar refractivity (Wildman–Crippen MR) is 83.4 cm³/mol. The summed E-state index contributed by atoms with van der Waals surface area (Å²) < 4.78 is 4.87. The molecule has 0 aliphatic rings. The standard InChI is InChI=1S/C14H16ClN3O2S/c1-2-20-12(19)4-3-9-21-14-16-13(17-18-14)10-5-7-11(15)8-6-10/h5-8H,2-4,9H2,1H3,(H,16,17,18). The van der Waals surface area contributed by atoms with Crippen molar-refractivity contribution in [1.82, 2.24) is 15.2 Å². The Morgan fingerprint density at radius 2 is 2.14 bits per heavy atom. The van der Waals surface area contributed by atoms with Gasteiger partial charge in [-0.1, -0.05) is 23.4 Å². The third-order valence-electron chi connectivity index (χ3n) is 2.64. The molecule has 7 heteroatoms. The number of esters is 1. The summed E-state index contributed by atoms with van der Waals surface area (Å²) in [5, 5.41) is 8.40. The van der Waals surface area contributed by atoms with Crippen LogP contribution in [-0.2, 0) is 9.53 Å². The molecule has 0 fully saturated rings. The molecule has 112 valence electrons. The van der Waals surface area contributed by atoms with Crippen molar-refractivity contribution in [3.63, 3.8) is 0 Å². The van der Waals surface area contributed by atoms with E-state index in [1.54, 1.807) is 6.92 Å². The number of nitrogens with one attached hydrogen (secondary N) is 1. The minimum atomic E-state index is -0.157.